The van der Waals surface area contributed by atoms with Crippen molar-refractivity contribution in [2.24, 2.45) is 5.92 Å². The van der Waals surface area contributed by atoms with Gasteiger partial charge >= 0.3 is 6.18 Å². The third kappa shape index (κ3) is 11.3. The molecule has 0 aliphatic rings. The minimum absolute atomic E-state index is 0.0605. The molecule has 0 fully saturated rings. The standard InChI is InChI=1S/C43H46F3N3O3S/c1-5-6-7-8-9-24-52-36-20-14-30(15-21-36)33-27-47-40(48-28-33)31-12-10-29(11-13-31)25-32(26-37(50)38-22-23-39(53-38)42(2,3)4)41(51)49-35-18-16-34(17-19-35)43(44,45)46/h10-23,27-28,32H,5-9,24-26H2,1-4H3,(H,49,51)/t32-/m1/s1. The Morgan fingerprint density at radius 1 is 0.774 bits per heavy atom. The van der Waals surface area contributed by atoms with E-state index >= 15 is 0 Å². The summed E-state index contributed by atoms with van der Waals surface area (Å²) in [4.78, 5) is 37.8. The van der Waals surface area contributed by atoms with E-state index in [4.69, 9.17) is 4.74 Å². The molecule has 0 saturated carbocycles. The highest BCUT2D eigenvalue weighted by atomic mass is 32.1. The third-order valence-electron chi connectivity index (χ3n) is 8.95. The summed E-state index contributed by atoms with van der Waals surface area (Å²) < 4.78 is 45.2. The normalized spacial score (nSPS) is 12.4. The lowest BCUT2D eigenvalue weighted by Crippen LogP contribution is -2.27. The Bertz CT molecular complexity index is 1930. The number of nitrogens with zero attached hydrogens (tertiary/aromatic N) is 2. The first-order valence-corrected chi connectivity index (χ1v) is 18.9. The molecule has 1 amide bonds. The van der Waals surface area contributed by atoms with Crippen molar-refractivity contribution < 1.29 is 27.5 Å². The van der Waals surface area contributed by atoms with E-state index in [0.717, 1.165) is 51.4 Å². The summed E-state index contributed by atoms with van der Waals surface area (Å²) >= 11 is 1.41. The highest BCUT2D eigenvalue weighted by Gasteiger charge is 2.30. The van der Waals surface area contributed by atoms with E-state index in [0.29, 0.717) is 17.3 Å². The van der Waals surface area contributed by atoms with E-state index < -0.39 is 23.6 Å². The second kappa shape index (κ2) is 17.8. The van der Waals surface area contributed by atoms with Crippen LogP contribution in [0.3, 0.4) is 0 Å². The highest BCUT2D eigenvalue weighted by Crippen LogP contribution is 2.32. The quantitative estimate of drug-likeness (QED) is 0.0804. The Kier molecular flexibility index (Phi) is 13.2. The van der Waals surface area contributed by atoms with Crippen LogP contribution in [0.5, 0.6) is 5.75 Å². The second-order valence-electron chi connectivity index (χ2n) is 14.3. The lowest BCUT2D eigenvalue weighted by Gasteiger charge is -2.17. The van der Waals surface area contributed by atoms with E-state index in [1.807, 2.05) is 54.6 Å². The molecule has 5 rings (SSSR count). The van der Waals surface area contributed by atoms with E-state index in [9.17, 15) is 22.8 Å². The van der Waals surface area contributed by atoms with Crippen molar-refractivity contribution in [3.05, 3.63) is 118 Å². The second-order valence-corrected chi connectivity index (χ2v) is 15.4. The largest absolute Gasteiger partial charge is 0.494 e. The predicted octanol–water partition coefficient (Wildman–Crippen LogP) is 11.6. The van der Waals surface area contributed by atoms with Crippen LogP contribution in [-0.4, -0.2) is 28.3 Å². The van der Waals surface area contributed by atoms with Gasteiger partial charge in [0.2, 0.25) is 5.91 Å². The van der Waals surface area contributed by atoms with E-state index in [-0.39, 0.29) is 29.7 Å². The van der Waals surface area contributed by atoms with Gasteiger partial charge in [0.25, 0.3) is 0 Å². The summed E-state index contributed by atoms with van der Waals surface area (Å²) in [6.07, 6.45) is 5.22. The molecule has 1 atom stereocenters. The number of hydrogen-bond donors (Lipinski definition) is 1. The zero-order valence-corrected chi connectivity index (χ0v) is 31.4. The van der Waals surface area contributed by atoms with E-state index in [2.05, 4.69) is 43.0 Å². The molecule has 278 valence electrons. The molecule has 0 aliphatic carbocycles. The molecule has 3 aromatic carbocycles. The minimum atomic E-state index is -4.49. The smallest absolute Gasteiger partial charge is 0.416 e. The molecule has 0 bridgehead atoms. The number of aromatic nitrogens is 2. The van der Waals surface area contributed by atoms with Crippen LogP contribution in [0.2, 0.25) is 0 Å². The van der Waals surface area contributed by atoms with Crippen LogP contribution in [-0.2, 0) is 22.8 Å². The number of alkyl halides is 3. The van der Waals surface area contributed by atoms with Crippen molar-refractivity contribution in [1.29, 1.82) is 0 Å². The number of halogens is 3. The number of rotatable bonds is 16. The van der Waals surface area contributed by atoms with Crippen LogP contribution in [0.25, 0.3) is 22.5 Å². The van der Waals surface area contributed by atoms with E-state index in [1.54, 1.807) is 18.5 Å². The van der Waals surface area contributed by atoms with Gasteiger partial charge in [0, 0.05) is 46.4 Å². The molecule has 10 heteroatoms. The van der Waals surface area contributed by atoms with Crippen molar-refractivity contribution >= 4 is 28.7 Å². The minimum Gasteiger partial charge on any atom is -0.494 e. The number of nitrogens with one attached hydrogen (secondary N) is 1. The molecule has 0 spiro atoms. The SMILES string of the molecule is CCCCCCCOc1ccc(-c2cnc(-c3ccc(C[C@H](CC(=O)c4ccc(C(C)(C)C)s4)C(=O)Nc4ccc(C(F)(F)F)cc4)cc3)nc2)cc1. The van der Waals surface area contributed by atoms with Gasteiger partial charge in [-0.25, -0.2) is 9.97 Å². The molecule has 0 unspecified atom stereocenters. The van der Waals surface area contributed by atoms with Crippen molar-refractivity contribution in [2.75, 3.05) is 11.9 Å². The predicted molar refractivity (Wildman–Crippen MR) is 206 cm³/mol. The number of carbonyl (C=O) groups excluding carboxylic acids is 2. The Hall–Kier alpha value is -4.83. The van der Waals surface area contributed by atoms with Gasteiger partial charge in [-0.3, -0.25) is 9.59 Å². The number of ether oxygens (including phenoxy) is 1. The molecule has 0 radical (unpaired) electrons. The molecule has 0 aliphatic heterocycles. The summed E-state index contributed by atoms with van der Waals surface area (Å²) in [5.74, 6) is 0.00185. The van der Waals surface area contributed by atoms with Gasteiger partial charge in [-0.05, 0) is 77.9 Å². The number of amides is 1. The number of carbonyl (C=O) groups is 2. The molecular weight excluding hydrogens is 696 g/mol. The van der Waals surface area contributed by atoms with Gasteiger partial charge < -0.3 is 10.1 Å². The van der Waals surface area contributed by atoms with Gasteiger partial charge in [-0.15, -0.1) is 11.3 Å². The summed E-state index contributed by atoms with van der Waals surface area (Å²) in [5, 5.41) is 2.72. The van der Waals surface area contributed by atoms with Crippen LogP contribution >= 0.6 is 11.3 Å². The molecule has 0 saturated heterocycles. The number of ketones is 1. The monoisotopic (exact) mass is 741 g/mol. The highest BCUT2D eigenvalue weighted by molar-refractivity contribution is 7.14. The Morgan fingerprint density at radius 3 is 2.02 bits per heavy atom. The maximum atomic E-state index is 13.6. The fraction of sp³-hybridized carbons (Fsp3) is 0.349. The van der Waals surface area contributed by atoms with Crippen LogP contribution in [0.4, 0.5) is 18.9 Å². The Labute approximate surface area is 313 Å². The molecule has 5 aromatic rings. The average Bonchev–Trinajstić information content (AvgIpc) is 3.65. The molecule has 2 heterocycles. The van der Waals surface area contributed by atoms with Crippen molar-refractivity contribution in [2.45, 2.75) is 84.2 Å². The maximum Gasteiger partial charge on any atom is 0.416 e. The number of unbranched alkanes of at least 4 members (excludes halogenated alkanes) is 4. The third-order valence-corrected chi connectivity index (χ3v) is 10.5. The Balaban J connectivity index is 1.25. The zero-order chi connectivity index (χ0) is 38.0. The molecule has 53 heavy (non-hydrogen) atoms. The zero-order valence-electron chi connectivity index (χ0n) is 30.6. The number of anilines is 1. The number of benzene rings is 3. The number of thiophene rings is 1. The van der Waals surface area contributed by atoms with Crippen LogP contribution in [0.15, 0.2) is 97.3 Å². The lowest BCUT2D eigenvalue weighted by atomic mass is 9.92. The summed E-state index contributed by atoms with van der Waals surface area (Å²) in [7, 11) is 0. The number of hydrogen-bond acceptors (Lipinski definition) is 6. The van der Waals surface area contributed by atoms with Gasteiger partial charge in [0.1, 0.15) is 5.75 Å². The first-order chi connectivity index (χ1) is 25.3. The van der Waals surface area contributed by atoms with Gasteiger partial charge in [-0.2, -0.15) is 13.2 Å². The first kappa shape index (κ1) is 39.4. The van der Waals surface area contributed by atoms with Crippen LogP contribution in [0.1, 0.15) is 91.9 Å². The molecule has 1 N–H and O–H groups in total. The average molecular weight is 742 g/mol. The van der Waals surface area contributed by atoms with Crippen molar-refractivity contribution in [3.8, 4) is 28.3 Å². The van der Waals surface area contributed by atoms with Gasteiger partial charge in [-0.1, -0.05) is 89.8 Å². The lowest BCUT2D eigenvalue weighted by molar-refractivity contribution is -0.137. The van der Waals surface area contributed by atoms with Crippen molar-refractivity contribution in [3.63, 3.8) is 0 Å². The molecule has 2 aromatic heterocycles. The Morgan fingerprint density at radius 2 is 1.42 bits per heavy atom. The first-order valence-electron chi connectivity index (χ1n) is 18.1. The topological polar surface area (TPSA) is 81.2 Å². The fourth-order valence-corrected chi connectivity index (χ4v) is 6.81. The number of Topliss-reactive ketones (excluding diaryl/α,β-unsaturated/α-hetero) is 1. The summed E-state index contributed by atoms with van der Waals surface area (Å²) in [5.41, 5.74) is 2.75. The van der Waals surface area contributed by atoms with E-state index in [1.165, 1.54) is 49.2 Å². The van der Waals surface area contributed by atoms with Crippen LogP contribution < -0.4 is 10.1 Å². The summed E-state index contributed by atoms with van der Waals surface area (Å²) in [6.45, 7) is 9.13. The van der Waals surface area contributed by atoms with Crippen molar-refractivity contribution in [1.82, 2.24) is 9.97 Å². The molecular formula is C43H46F3N3O3S. The fourth-order valence-electron chi connectivity index (χ4n) is 5.80. The van der Waals surface area contributed by atoms with Crippen LogP contribution in [0, 0.1) is 5.92 Å². The molecule has 6 nitrogen and oxygen atoms in total. The maximum absolute atomic E-state index is 13.6. The van der Waals surface area contributed by atoms with Gasteiger partial charge in [0.15, 0.2) is 11.6 Å². The van der Waals surface area contributed by atoms with Gasteiger partial charge in [0.05, 0.1) is 17.0 Å². The summed E-state index contributed by atoms with van der Waals surface area (Å²) in [6, 6.07) is 23.4.